The third kappa shape index (κ3) is 3.16. The molecule has 1 fully saturated rings. The van der Waals surface area contributed by atoms with Crippen LogP contribution in [-0.2, 0) is 0 Å². The molecule has 0 bridgehead atoms. The van der Waals surface area contributed by atoms with Crippen LogP contribution in [0.15, 0.2) is 6.07 Å². The first-order valence-electron chi connectivity index (χ1n) is 6.42. The van der Waals surface area contributed by atoms with Crippen LogP contribution in [0.4, 0.5) is 5.95 Å². The van der Waals surface area contributed by atoms with Crippen molar-refractivity contribution in [3.63, 3.8) is 0 Å². The van der Waals surface area contributed by atoms with Crippen molar-refractivity contribution in [3.8, 4) is 0 Å². The average Bonchev–Trinajstić information content (AvgIpc) is 2.28. The molecule has 1 aromatic rings. The van der Waals surface area contributed by atoms with Gasteiger partial charge in [-0.3, -0.25) is 0 Å². The topological polar surface area (TPSA) is 63.8 Å². The van der Waals surface area contributed by atoms with Gasteiger partial charge in [0.25, 0.3) is 0 Å². The Kier molecular flexibility index (Phi) is 3.80. The van der Waals surface area contributed by atoms with E-state index < -0.39 is 0 Å². The van der Waals surface area contributed by atoms with Crippen LogP contribution in [0.1, 0.15) is 50.4 Å². The second kappa shape index (κ2) is 5.18. The standard InChI is InChI=1S/C13H20N4S/c1-9-8-10(11(14)18)16-12(15-9)17-13(2)6-4-3-5-7-13/h8H,3-7H2,1-2H3,(H2,14,18)(H,15,16,17). The summed E-state index contributed by atoms with van der Waals surface area (Å²) in [5.41, 5.74) is 7.25. The highest BCUT2D eigenvalue weighted by Crippen LogP contribution is 2.30. The minimum atomic E-state index is 0.0968. The van der Waals surface area contributed by atoms with Gasteiger partial charge in [-0.2, -0.15) is 0 Å². The van der Waals surface area contributed by atoms with Gasteiger partial charge in [0.1, 0.15) is 10.7 Å². The molecule has 98 valence electrons. The van der Waals surface area contributed by atoms with Crippen molar-refractivity contribution < 1.29 is 0 Å². The lowest BCUT2D eigenvalue weighted by Gasteiger charge is -2.34. The minimum absolute atomic E-state index is 0.0968. The normalized spacial score (nSPS) is 18.3. The summed E-state index contributed by atoms with van der Waals surface area (Å²) in [5.74, 6) is 0.641. The minimum Gasteiger partial charge on any atom is -0.388 e. The highest BCUT2D eigenvalue weighted by atomic mass is 32.1. The van der Waals surface area contributed by atoms with Crippen LogP contribution in [0.2, 0.25) is 0 Å². The molecule has 1 aliphatic rings. The fourth-order valence-corrected chi connectivity index (χ4v) is 2.58. The number of nitrogens with one attached hydrogen (secondary N) is 1. The second-order valence-electron chi connectivity index (χ2n) is 5.33. The maximum absolute atomic E-state index is 5.63. The second-order valence-corrected chi connectivity index (χ2v) is 5.77. The van der Waals surface area contributed by atoms with Crippen LogP contribution in [0.25, 0.3) is 0 Å². The lowest BCUT2D eigenvalue weighted by Crippen LogP contribution is -2.37. The average molecular weight is 264 g/mol. The third-order valence-corrected chi connectivity index (χ3v) is 3.69. The fourth-order valence-electron chi connectivity index (χ4n) is 2.48. The molecule has 0 aromatic carbocycles. The predicted octanol–water partition coefficient (Wildman–Crippen LogP) is 2.55. The van der Waals surface area contributed by atoms with Crippen molar-refractivity contribution in [2.75, 3.05) is 5.32 Å². The van der Waals surface area contributed by atoms with Crippen molar-refractivity contribution >= 4 is 23.2 Å². The first-order valence-corrected chi connectivity index (χ1v) is 6.83. The molecular weight excluding hydrogens is 244 g/mol. The van der Waals surface area contributed by atoms with Gasteiger partial charge in [0.15, 0.2) is 0 Å². The molecule has 0 atom stereocenters. The van der Waals surface area contributed by atoms with E-state index in [1.54, 1.807) is 0 Å². The molecule has 0 unspecified atom stereocenters. The number of nitrogens with zero attached hydrogens (tertiary/aromatic N) is 2. The Bertz CT molecular complexity index is 452. The van der Waals surface area contributed by atoms with Gasteiger partial charge in [-0.1, -0.05) is 31.5 Å². The van der Waals surface area contributed by atoms with Crippen molar-refractivity contribution in [2.45, 2.75) is 51.5 Å². The van der Waals surface area contributed by atoms with Crippen molar-refractivity contribution in [3.05, 3.63) is 17.5 Å². The quantitative estimate of drug-likeness (QED) is 0.821. The first kappa shape index (κ1) is 13.2. The molecule has 1 saturated carbocycles. The molecule has 0 spiro atoms. The number of anilines is 1. The molecule has 1 heterocycles. The van der Waals surface area contributed by atoms with Gasteiger partial charge in [0, 0.05) is 11.2 Å². The highest BCUT2D eigenvalue weighted by molar-refractivity contribution is 7.80. The van der Waals surface area contributed by atoms with Gasteiger partial charge in [0.2, 0.25) is 5.95 Å². The summed E-state index contributed by atoms with van der Waals surface area (Å²) in [6.45, 7) is 4.16. The van der Waals surface area contributed by atoms with Crippen molar-refractivity contribution in [2.24, 2.45) is 5.73 Å². The molecule has 18 heavy (non-hydrogen) atoms. The molecule has 1 aromatic heterocycles. The first-order chi connectivity index (χ1) is 8.48. The van der Waals surface area contributed by atoms with Crippen LogP contribution in [0.3, 0.4) is 0 Å². The Morgan fingerprint density at radius 3 is 2.61 bits per heavy atom. The lowest BCUT2D eigenvalue weighted by atomic mass is 9.83. The number of aryl methyl sites for hydroxylation is 1. The van der Waals surface area contributed by atoms with Gasteiger partial charge in [-0.25, -0.2) is 9.97 Å². The molecule has 0 radical (unpaired) electrons. The van der Waals surface area contributed by atoms with Gasteiger partial charge >= 0.3 is 0 Å². The van der Waals surface area contributed by atoms with Crippen LogP contribution < -0.4 is 11.1 Å². The molecule has 0 amide bonds. The largest absolute Gasteiger partial charge is 0.388 e. The lowest BCUT2D eigenvalue weighted by molar-refractivity contribution is 0.347. The molecule has 3 N–H and O–H groups in total. The number of thiocarbonyl (C=S) groups is 1. The predicted molar refractivity (Wildman–Crippen MR) is 77.8 cm³/mol. The zero-order chi connectivity index (χ0) is 13.2. The third-order valence-electron chi connectivity index (χ3n) is 3.48. The molecular formula is C13H20N4S. The molecule has 0 aliphatic heterocycles. The van der Waals surface area contributed by atoms with E-state index in [2.05, 4.69) is 22.2 Å². The van der Waals surface area contributed by atoms with E-state index in [9.17, 15) is 0 Å². The van der Waals surface area contributed by atoms with Crippen molar-refractivity contribution in [1.29, 1.82) is 0 Å². The Balaban J connectivity index is 2.20. The van der Waals surface area contributed by atoms with Gasteiger partial charge in [-0.15, -0.1) is 0 Å². The van der Waals surface area contributed by atoms with E-state index in [1.165, 1.54) is 19.3 Å². The summed E-state index contributed by atoms with van der Waals surface area (Å²) in [4.78, 5) is 9.12. The molecule has 2 rings (SSSR count). The summed E-state index contributed by atoms with van der Waals surface area (Å²) in [6, 6.07) is 1.82. The number of hydrogen-bond acceptors (Lipinski definition) is 4. The summed E-state index contributed by atoms with van der Waals surface area (Å²) in [5, 5.41) is 3.46. The molecule has 5 heteroatoms. The number of aromatic nitrogens is 2. The Hall–Kier alpha value is -1.23. The maximum Gasteiger partial charge on any atom is 0.223 e. The summed E-state index contributed by atoms with van der Waals surface area (Å²) in [6.07, 6.45) is 6.17. The molecule has 1 aliphatic carbocycles. The Morgan fingerprint density at radius 2 is 2.00 bits per heavy atom. The number of nitrogens with two attached hydrogens (primary N) is 1. The SMILES string of the molecule is Cc1cc(C(N)=S)nc(NC2(C)CCCCC2)n1. The maximum atomic E-state index is 5.63. The van der Waals surface area contributed by atoms with Gasteiger partial charge in [0.05, 0.1) is 0 Å². The monoisotopic (exact) mass is 264 g/mol. The van der Waals surface area contributed by atoms with Crippen LogP contribution in [-0.4, -0.2) is 20.5 Å². The van der Waals surface area contributed by atoms with Crippen molar-refractivity contribution in [1.82, 2.24) is 9.97 Å². The van der Waals surface area contributed by atoms with Crippen LogP contribution >= 0.6 is 12.2 Å². The van der Waals surface area contributed by atoms with E-state index in [-0.39, 0.29) is 5.54 Å². The molecule has 4 nitrogen and oxygen atoms in total. The number of rotatable bonds is 3. The van der Waals surface area contributed by atoms with Crippen LogP contribution in [0, 0.1) is 6.92 Å². The Labute approximate surface area is 113 Å². The van der Waals surface area contributed by atoms with Crippen LogP contribution in [0.5, 0.6) is 0 Å². The van der Waals surface area contributed by atoms with E-state index in [1.807, 2.05) is 13.0 Å². The zero-order valence-electron chi connectivity index (χ0n) is 11.0. The molecule has 0 saturated heterocycles. The van der Waals surface area contributed by atoms with Gasteiger partial charge in [-0.05, 0) is 32.8 Å². The van der Waals surface area contributed by atoms with E-state index in [0.717, 1.165) is 18.5 Å². The van der Waals surface area contributed by atoms with Gasteiger partial charge < -0.3 is 11.1 Å². The Morgan fingerprint density at radius 1 is 1.33 bits per heavy atom. The summed E-state index contributed by atoms with van der Waals surface area (Å²) < 4.78 is 0. The van der Waals surface area contributed by atoms with E-state index in [4.69, 9.17) is 18.0 Å². The smallest absolute Gasteiger partial charge is 0.223 e. The number of hydrogen-bond donors (Lipinski definition) is 2. The zero-order valence-corrected chi connectivity index (χ0v) is 11.8. The van der Waals surface area contributed by atoms with E-state index >= 15 is 0 Å². The summed E-state index contributed by atoms with van der Waals surface area (Å²) in [7, 11) is 0. The summed E-state index contributed by atoms with van der Waals surface area (Å²) >= 11 is 4.97. The van der Waals surface area contributed by atoms with E-state index in [0.29, 0.717) is 16.6 Å². The highest BCUT2D eigenvalue weighted by Gasteiger charge is 2.27. The fraction of sp³-hybridized carbons (Fsp3) is 0.615.